The maximum absolute atomic E-state index is 13.1. The summed E-state index contributed by atoms with van der Waals surface area (Å²) >= 11 is 12.1. The van der Waals surface area contributed by atoms with Crippen LogP contribution in [0.15, 0.2) is 77.7 Å². The number of aliphatic carboxylic acids is 1. The van der Waals surface area contributed by atoms with E-state index in [1.165, 1.54) is 23.8 Å². The second-order valence-corrected chi connectivity index (χ2v) is 13.4. The molecule has 0 spiro atoms. The summed E-state index contributed by atoms with van der Waals surface area (Å²) in [7, 11) is -3.80. The first-order valence-electron chi connectivity index (χ1n) is 13.6. The summed E-state index contributed by atoms with van der Waals surface area (Å²) in [5, 5.41) is 9.50. The van der Waals surface area contributed by atoms with E-state index in [4.69, 9.17) is 33.0 Å². The van der Waals surface area contributed by atoms with E-state index < -0.39 is 16.0 Å². The average molecular weight is 603 g/mol. The molecule has 1 saturated carbocycles. The van der Waals surface area contributed by atoms with E-state index in [0.717, 1.165) is 36.8 Å². The molecule has 1 aliphatic heterocycles. The van der Waals surface area contributed by atoms with E-state index in [1.807, 2.05) is 18.2 Å². The van der Waals surface area contributed by atoms with Gasteiger partial charge in [0.15, 0.2) is 0 Å². The summed E-state index contributed by atoms with van der Waals surface area (Å²) in [5.74, 6) is -0.604. The topological polar surface area (TPSA) is 92.7 Å². The average Bonchev–Trinajstić information content (AvgIpc) is 3.52. The van der Waals surface area contributed by atoms with Crippen molar-refractivity contribution in [1.82, 2.24) is 4.72 Å². The van der Waals surface area contributed by atoms with Crippen molar-refractivity contribution in [1.29, 1.82) is 0 Å². The van der Waals surface area contributed by atoms with Crippen LogP contribution in [0.25, 0.3) is 11.1 Å². The van der Waals surface area contributed by atoms with E-state index in [-0.39, 0.29) is 46.2 Å². The largest absolute Gasteiger partial charge is 0.481 e. The summed E-state index contributed by atoms with van der Waals surface area (Å²) in [5.41, 5.74) is 3.29. The van der Waals surface area contributed by atoms with Crippen LogP contribution in [0.4, 0.5) is 0 Å². The minimum Gasteiger partial charge on any atom is -0.481 e. The third-order valence-corrected chi connectivity index (χ3v) is 10.7. The van der Waals surface area contributed by atoms with Gasteiger partial charge < -0.3 is 9.84 Å². The second-order valence-electron chi connectivity index (χ2n) is 10.8. The Morgan fingerprint density at radius 2 is 1.68 bits per heavy atom. The lowest BCUT2D eigenvalue weighted by Gasteiger charge is -2.40. The molecule has 0 aromatic heterocycles. The first kappa shape index (κ1) is 29.1. The fourth-order valence-corrected chi connectivity index (χ4v) is 7.95. The minimum absolute atomic E-state index is 0.0143. The van der Waals surface area contributed by atoms with Gasteiger partial charge in [-0.05, 0) is 60.1 Å². The third kappa shape index (κ3) is 6.09. The summed E-state index contributed by atoms with van der Waals surface area (Å²) in [4.78, 5) is 11.1. The Bertz CT molecular complexity index is 1450. The summed E-state index contributed by atoms with van der Waals surface area (Å²) in [6.45, 7) is 0.842. The zero-order valence-electron chi connectivity index (χ0n) is 22.1. The van der Waals surface area contributed by atoms with Gasteiger partial charge in [-0.15, -0.1) is 0 Å². The molecule has 9 heteroatoms. The monoisotopic (exact) mass is 601 g/mol. The maximum Gasteiger partial charge on any atom is 0.303 e. The molecule has 1 aliphatic carbocycles. The normalized spacial score (nSPS) is 23.9. The number of unbranched alkanes of at least 4 members (excludes halogenated alkanes) is 2. The fourth-order valence-electron chi connectivity index (χ4n) is 6.49. The van der Waals surface area contributed by atoms with Gasteiger partial charge in [0.2, 0.25) is 10.0 Å². The number of carboxylic acid groups (broad SMARTS) is 1. The Labute approximate surface area is 245 Å². The molecular weight excluding hydrogens is 569 g/mol. The Morgan fingerprint density at radius 3 is 2.38 bits per heavy atom. The fraction of sp³-hybridized carbons (Fsp3) is 0.387. The van der Waals surface area contributed by atoms with Crippen LogP contribution in [-0.4, -0.2) is 38.7 Å². The molecule has 3 aromatic carbocycles. The zero-order valence-corrected chi connectivity index (χ0v) is 24.4. The molecule has 40 heavy (non-hydrogen) atoms. The summed E-state index contributed by atoms with van der Waals surface area (Å²) in [6.07, 6.45) is 4.14. The van der Waals surface area contributed by atoms with Gasteiger partial charge in [0.1, 0.15) is 0 Å². The molecule has 0 amide bonds. The molecular formula is C31H33Cl2NO5S. The molecule has 2 unspecified atom stereocenters. The van der Waals surface area contributed by atoms with Gasteiger partial charge >= 0.3 is 5.97 Å². The highest BCUT2D eigenvalue weighted by Gasteiger charge is 2.59. The number of rotatable bonds is 12. The number of sulfonamides is 1. The molecule has 6 nitrogen and oxygen atoms in total. The number of carbonyl (C=O) groups is 1. The predicted octanol–water partition coefficient (Wildman–Crippen LogP) is 6.95. The Hall–Kier alpha value is -2.42. The smallest absolute Gasteiger partial charge is 0.303 e. The molecule has 212 valence electrons. The molecule has 4 atom stereocenters. The van der Waals surface area contributed by atoms with Crippen molar-refractivity contribution in [3.63, 3.8) is 0 Å². The number of nitrogens with one attached hydrogen (secondary N) is 1. The standard InChI is InChI=1S/C31H33Cl2NO5S/c32-27-16-15-24(17-28(27)33)40(37,38)34-19-25-26(9-5-2-6-10-30(35)36)31(18-29(25)39-20-31)23-13-11-22(12-14-23)21-7-3-1-4-8-21/h1,3-4,7-8,11-17,25-26,29,34H,2,5-6,9-10,18-20H2,(H,35,36)/t25-,26-,29?,31?/m0/s1. The minimum atomic E-state index is -3.80. The number of carboxylic acids is 1. The van der Waals surface area contributed by atoms with E-state index in [1.54, 1.807) is 0 Å². The molecule has 1 heterocycles. The van der Waals surface area contributed by atoms with Crippen molar-refractivity contribution < 1.29 is 23.1 Å². The molecule has 5 rings (SSSR count). The van der Waals surface area contributed by atoms with Crippen molar-refractivity contribution in [2.45, 2.75) is 54.9 Å². The number of benzene rings is 3. The van der Waals surface area contributed by atoms with Crippen molar-refractivity contribution >= 4 is 39.2 Å². The Balaban J connectivity index is 1.37. The SMILES string of the molecule is O=C(O)CCCCC[C@H]1[C@H](CNS(=O)(=O)c2ccc(Cl)c(Cl)c2)C2CC1(c1ccc(-c3ccccc3)cc1)CO2. The lowest BCUT2D eigenvalue weighted by atomic mass is 9.68. The van der Waals surface area contributed by atoms with Crippen LogP contribution in [0.5, 0.6) is 0 Å². The third-order valence-electron chi connectivity index (χ3n) is 8.51. The Kier molecular flexibility index (Phi) is 8.88. The predicted molar refractivity (Wildman–Crippen MR) is 157 cm³/mol. The number of hydrogen-bond donors (Lipinski definition) is 2. The van der Waals surface area contributed by atoms with Gasteiger partial charge in [0.25, 0.3) is 0 Å². The van der Waals surface area contributed by atoms with E-state index in [9.17, 15) is 13.2 Å². The van der Waals surface area contributed by atoms with E-state index in [0.29, 0.717) is 18.1 Å². The first-order chi connectivity index (χ1) is 19.2. The zero-order chi connectivity index (χ0) is 28.3. The molecule has 2 fully saturated rings. The van der Waals surface area contributed by atoms with Crippen LogP contribution in [0.1, 0.15) is 44.1 Å². The van der Waals surface area contributed by atoms with Crippen LogP contribution in [0.3, 0.4) is 0 Å². The lowest BCUT2D eigenvalue weighted by Crippen LogP contribution is -2.44. The van der Waals surface area contributed by atoms with Gasteiger partial charge in [0.05, 0.1) is 27.7 Å². The van der Waals surface area contributed by atoms with Crippen molar-refractivity contribution in [2.75, 3.05) is 13.2 Å². The number of fused-ring (bicyclic) bond motifs is 2. The highest BCUT2D eigenvalue weighted by molar-refractivity contribution is 7.89. The summed E-state index contributed by atoms with van der Waals surface area (Å²) in [6, 6.07) is 23.2. The van der Waals surface area contributed by atoms with Gasteiger partial charge in [-0.2, -0.15) is 0 Å². The van der Waals surface area contributed by atoms with Crippen molar-refractivity contribution in [3.05, 3.63) is 88.4 Å². The van der Waals surface area contributed by atoms with Gasteiger partial charge in [-0.25, -0.2) is 13.1 Å². The molecule has 2 bridgehead atoms. The first-order valence-corrected chi connectivity index (χ1v) is 15.9. The Morgan fingerprint density at radius 1 is 0.950 bits per heavy atom. The number of ether oxygens (including phenoxy) is 1. The van der Waals surface area contributed by atoms with Crippen LogP contribution in [-0.2, 0) is 25.0 Å². The molecule has 1 saturated heterocycles. The van der Waals surface area contributed by atoms with Crippen LogP contribution >= 0.6 is 23.2 Å². The molecule has 0 radical (unpaired) electrons. The molecule has 3 aromatic rings. The van der Waals surface area contributed by atoms with Gasteiger partial charge in [-0.3, -0.25) is 4.79 Å². The number of halogens is 2. The quantitative estimate of drug-likeness (QED) is 0.219. The van der Waals surface area contributed by atoms with Crippen LogP contribution < -0.4 is 4.72 Å². The highest BCUT2D eigenvalue weighted by Crippen LogP contribution is 2.57. The van der Waals surface area contributed by atoms with E-state index >= 15 is 0 Å². The lowest BCUT2D eigenvalue weighted by molar-refractivity contribution is -0.137. The van der Waals surface area contributed by atoms with Crippen LogP contribution in [0.2, 0.25) is 10.0 Å². The maximum atomic E-state index is 13.1. The van der Waals surface area contributed by atoms with Crippen molar-refractivity contribution in [2.24, 2.45) is 11.8 Å². The van der Waals surface area contributed by atoms with Crippen LogP contribution in [0, 0.1) is 11.8 Å². The molecule has 2 N–H and O–H groups in total. The highest BCUT2D eigenvalue weighted by atomic mass is 35.5. The van der Waals surface area contributed by atoms with Crippen molar-refractivity contribution in [3.8, 4) is 11.1 Å². The van der Waals surface area contributed by atoms with Gasteiger partial charge in [0, 0.05) is 24.3 Å². The second kappa shape index (κ2) is 12.2. The summed E-state index contributed by atoms with van der Waals surface area (Å²) < 4.78 is 35.4. The van der Waals surface area contributed by atoms with E-state index in [2.05, 4.69) is 41.1 Å². The van der Waals surface area contributed by atoms with Gasteiger partial charge in [-0.1, -0.05) is 90.6 Å². The number of hydrogen-bond acceptors (Lipinski definition) is 4. The molecule has 2 aliphatic rings.